The maximum absolute atomic E-state index is 13.7. The van der Waals surface area contributed by atoms with Crippen LogP contribution in [0.15, 0.2) is 34.8 Å². The molecular formula is C15H13BrF2O2. The molecule has 2 rings (SSSR count). The van der Waals surface area contributed by atoms with Crippen molar-refractivity contribution in [1.82, 2.24) is 0 Å². The predicted molar refractivity (Wildman–Crippen MR) is 75.9 cm³/mol. The minimum absolute atomic E-state index is 0.00674. The van der Waals surface area contributed by atoms with Gasteiger partial charge in [-0.1, -0.05) is 15.9 Å². The van der Waals surface area contributed by atoms with Crippen LogP contribution in [0.1, 0.15) is 24.2 Å². The normalized spacial score (nSPS) is 12.3. The van der Waals surface area contributed by atoms with Crippen LogP contribution in [0.5, 0.6) is 11.5 Å². The third-order valence-electron chi connectivity index (χ3n) is 2.85. The summed E-state index contributed by atoms with van der Waals surface area (Å²) in [6.45, 7) is 3.07. The molecule has 0 heterocycles. The standard InChI is InChI=1S/C15H13BrF2O2/c1-8-5-14(11(9(2)19)7-13(8)18)20-15-6-10(16)3-4-12(15)17/h3-7,9,19H,1-2H3. The van der Waals surface area contributed by atoms with E-state index in [4.69, 9.17) is 4.74 Å². The van der Waals surface area contributed by atoms with E-state index < -0.39 is 17.7 Å². The molecule has 0 spiro atoms. The van der Waals surface area contributed by atoms with Crippen LogP contribution in [0.2, 0.25) is 0 Å². The van der Waals surface area contributed by atoms with Gasteiger partial charge in [-0.25, -0.2) is 8.78 Å². The first-order valence-corrected chi connectivity index (χ1v) is 6.79. The van der Waals surface area contributed by atoms with Crippen molar-refractivity contribution in [2.24, 2.45) is 0 Å². The SMILES string of the molecule is Cc1cc(Oc2cc(Br)ccc2F)c(C(C)O)cc1F. The van der Waals surface area contributed by atoms with E-state index in [1.807, 2.05) is 0 Å². The summed E-state index contributed by atoms with van der Waals surface area (Å²) in [6, 6.07) is 6.92. The molecule has 106 valence electrons. The van der Waals surface area contributed by atoms with Crippen LogP contribution in [0.4, 0.5) is 8.78 Å². The van der Waals surface area contributed by atoms with Gasteiger partial charge in [0, 0.05) is 10.0 Å². The van der Waals surface area contributed by atoms with Crippen molar-refractivity contribution < 1.29 is 18.6 Å². The third-order valence-corrected chi connectivity index (χ3v) is 3.35. The first-order chi connectivity index (χ1) is 9.38. The molecule has 5 heteroatoms. The Balaban J connectivity index is 2.47. The molecule has 0 amide bonds. The highest BCUT2D eigenvalue weighted by Gasteiger charge is 2.15. The Morgan fingerprint density at radius 1 is 1.10 bits per heavy atom. The summed E-state index contributed by atoms with van der Waals surface area (Å²) in [5, 5.41) is 9.67. The summed E-state index contributed by atoms with van der Waals surface area (Å²) in [7, 11) is 0. The van der Waals surface area contributed by atoms with E-state index in [1.165, 1.54) is 31.2 Å². The van der Waals surface area contributed by atoms with Crippen LogP contribution in [-0.2, 0) is 0 Å². The van der Waals surface area contributed by atoms with Gasteiger partial charge in [-0.2, -0.15) is 0 Å². The highest BCUT2D eigenvalue weighted by atomic mass is 79.9. The fourth-order valence-electron chi connectivity index (χ4n) is 1.76. The molecule has 0 saturated carbocycles. The Morgan fingerprint density at radius 3 is 2.45 bits per heavy atom. The van der Waals surface area contributed by atoms with Crippen molar-refractivity contribution in [3.8, 4) is 11.5 Å². The lowest BCUT2D eigenvalue weighted by Crippen LogP contribution is -2.00. The average molecular weight is 343 g/mol. The number of aliphatic hydroxyl groups is 1. The van der Waals surface area contributed by atoms with Crippen LogP contribution >= 0.6 is 15.9 Å². The quantitative estimate of drug-likeness (QED) is 0.861. The molecular weight excluding hydrogens is 330 g/mol. The smallest absolute Gasteiger partial charge is 0.165 e. The Bertz CT molecular complexity index is 642. The summed E-state index contributed by atoms with van der Waals surface area (Å²) in [6.07, 6.45) is -0.921. The number of rotatable bonds is 3. The number of aryl methyl sites for hydroxylation is 1. The summed E-state index contributed by atoms with van der Waals surface area (Å²) in [5.41, 5.74) is 0.632. The maximum Gasteiger partial charge on any atom is 0.165 e. The number of ether oxygens (including phenoxy) is 1. The molecule has 0 aliphatic carbocycles. The summed E-state index contributed by atoms with van der Waals surface area (Å²) >= 11 is 3.23. The van der Waals surface area contributed by atoms with Gasteiger partial charge in [-0.15, -0.1) is 0 Å². The van der Waals surface area contributed by atoms with Crippen molar-refractivity contribution in [1.29, 1.82) is 0 Å². The van der Waals surface area contributed by atoms with Gasteiger partial charge >= 0.3 is 0 Å². The largest absolute Gasteiger partial charge is 0.454 e. The highest BCUT2D eigenvalue weighted by Crippen LogP contribution is 2.34. The topological polar surface area (TPSA) is 29.5 Å². The van der Waals surface area contributed by atoms with Gasteiger partial charge in [0.25, 0.3) is 0 Å². The molecule has 2 aromatic carbocycles. The van der Waals surface area contributed by atoms with Gasteiger partial charge in [0.05, 0.1) is 6.10 Å². The zero-order valence-electron chi connectivity index (χ0n) is 11.0. The predicted octanol–water partition coefficient (Wildman–Crippen LogP) is 4.88. The van der Waals surface area contributed by atoms with Crippen molar-refractivity contribution in [3.63, 3.8) is 0 Å². The number of halogens is 3. The third kappa shape index (κ3) is 3.16. The fraction of sp³-hybridized carbons (Fsp3) is 0.200. The number of hydrogen-bond acceptors (Lipinski definition) is 2. The van der Waals surface area contributed by atoms with Gasteiger partial charge in [-0.3, -0.25) is 0 Å². The Morgan fingerprint density at radius 2 is 1.80 bits per heavy atom. The first-order valence-electron chi connectivity index (χ1n) is 5.99. The van der Waals surface area contributed by atoms with Crippen LogP contribution in [0, 0.1) is 18.6 Å². The van der Waals surface area contributed by atoms with Crippen molar-refractivity contribution in [2.45, 2.75) is 20.0 Å². The van der Waals surface area contributed by atoms with Crippen LogP contribution in [0.25, 0.3) is 0 Å². The second kappa shape index (κ2) is 5.89. The van der Waals surface area contributed by atoms with E-state index in [-0.39, 0.29) is 17.1 Å². The van der Waals surface area contributed by atoms with Crippen molar-refractivity contribution in [2.75, 3.05) is 0 Å². The van der Waals surface area contributed by atoms with Gasteiger partial charge in [0.15, 0.2) is 11.6 Å². The number of aliphatic hydroxyl groups excluding tert-OH is 1. The maximum atomic E-state index is 13.7. The summed E-state index contributed by atoms with van der Waals surface area (Å²) < 4.78 is 33.4. The van der Waals surface area contributed by atoms with Crippen molar-refractivity contribution in [3.05, 3.63) is 57.6 Å². The summed E-state index contributed by atoms with van der Waals surface area (Å²) in [4.78, 5) is 0. The molecule has 20 heavy (non-hydrogen) atoms. The van der Waals surface area contributed by atoms with E-state index in [1.54, 1.807) is 13.0 Å². The lowest BCUT2D eigenvalue weighted by atomic mass is 10.1. The average Bonchev–Trinajstić information content (AvgIpc) is 2.37. The molecule has 2 aromatic rings. The molecule has 0 radical (unpaired) electrons. The van der Waals surface area contributed by atoms with E-state index in [0.29, 0.717) is 10.0 Å². The second-order valence-corrected chi connectivity index (χ2v) is 5.41. The monoisotopic (exact) mass is 342 g/mol. The van der Waals surface area contributed by atoms with E-state index >= 15 is 0 Å². The summed E-state index contributed by atoms with van der Waals surface area (Å²) in [5.74, 6) is -0.738. The van der Waals surface area contributed by atoms with Crippen LogP contribution in [0.3, 0.4) is 0 Å². The van der Waals surface area contributed by atoms with Gasteiger partial charge < -0.3 is 9.84 Å². The minimum atomic E-state index is -0.921. The van der Waals surface area contributed by atoms with E-state index in [9.17, 15) is 13.9 Å². The Hall–Kier alpha value is -1.46. The molecule has 1 atom stereocenters. The molecule has 0 fully saturated rings. The molecule has 0 aliphatic rings. The molecule has 0 aliphatic heterocycles. The Kier molecular flexibility index (Phi) is 4.40. The molecule has 1 N–H and O–H groups in total. The first kappa shape index (κ1) is 14.9. The van der Waals surface area contributed by atoms with Crippen LogP contribution in [-0.4, -0.2) is 5.11 Å². The molecule has 0 aromatic heterocycles. The zero-order chi connectivity index (χ0) is 14.9. The van der Waals surface area contributed by atoms with Crippen molar-refractivity contribution >= 4 is 15.9 Å². The molecule has 0 saturated heterocycles. The second-order valence-electron chi connectivity index (χ2n) is 4.49. The molecule has 1 unspecified atom stereocenters. The number of benzene rings is 2. The fourth-order valence-corrected chi connectivity index (χ4v) is 2.10. The zero-order valence-corrected chi connectivity index (χ0v) is 12.5. The van der Waals surface area contributed by atoms with E-state index in [0.717, 1.165) is 0 Å². The lowest BCUT2D eigenvalue weighted by Gasteiger charge is -2.15. The molecule has 0 bridgehead atoms. The lowest BCUT2D eigenvalue weighted by molar-refractivity contribution is 0.195. The van der Waals surface area contributed by atoms with E-state index in [2.05, 4.69) is 15.9 Å². The number of hydrogen-bond donors (Lipinski definition) is 1. The molecule has 2 nitrogen and oxygen atoms in total. The highest BCUT2D eigenvalue weighted by molar-refractivity contribution is 9.10. The van der Waals surface area contributed by atoms with Gasteiger partial charge in [-0.05, 0) is 49.7 Å². The van der Waals surface area contributed by atoms with Gasteiger partial charge in [0.1, 0.15) is 11.6 Å². The van der Waals surface area contributed by atoms with Gasteiger partial charge in [0.2, 0.25) is 0 Å². The minimum Gasteiger partial charge on any atom is -0.454 e. The Labute approximate surface area is 124 Å². The van der Waals surface area contributed by atoms with Crippen LogP contribution < -0.4 is 4.74 Å².